The smallest absolute Gasteiger partial charge is 0.191 e. The van der Waals surface area contributed by atoms with E-state index < -0.39 is 0 Å². The number of likely N-dealkylation sites (tertiary alicyclic amines) is 1. The van der Waals surface area contributed by atoms with Crippen molar-refractivity contribution in [3.05, 3.63) is 65.2 Å². The van der Waals surface area contributed by atoms with Gasteiger partial charge in [0.05, 0.1) is 0 Å². The fourth-order valence-electron chi connectivity index (χ4n) is 3.85. The van der Waals surface area contributed by atoms with E-state index in [9.17, 15) is 0 Å². The van der Waals surface area contributed by atoms with Gasteiger partial charge in [-0.25, -0.2) is 0 Å². The number of aliphatic imine (C=N–C) groups is 1. The minimum absolute atomic E-state index is 0.659. The lowest BCUT2D eigenvalue weighted by Gasteiger charge is -2.26. The number of rotatable bonds is 10. The van der Waals surface area contributed by atoms with E-state index in [-0.39, 0.29) is 0 Å². The largest absolute Gasteiger partial charge is 0.492 e. The molecule has 3 rings (SSSR count). The summed E-state index contributed by atoms with van der Waals surface area (Å²) in [6, 6.07) is 17.1. The van der Waals surface area contributed by atoms with Crippen LogP contribution in [0.2, 0.25) is 0 Å². The third-order valence-electron chi connectivity index (χ3n) is 5.78. The number of likely N-dealkylation sites (N-methyl/N-ethyl adjacent to an activating group) is 1. The number of nitrogens with zero attached hydrogens (tertiary/aromatic N) is 3. The van der Waals surface area contributed by atoms with Crippen LogP contribution >= 0.6 is 0 Å². The van der Waals surface area contributed by atoms with E-state index in [0.717, 1.165) is 36.9 Å². The minimum Gasteiger partial charge on any atom is -0.492 e. The predicted molar refractivity (Wildman–Crippen MR) is 133 cm³/mol. The molecule has 0 saturated carbocycles. The highest BCUT2D eigenvalue weighted by Crippen LogP contribution is 2.17. The molecule has 1 saturated heterocycles. The van der Waals surface area contributed by atoms with Crippen molar-refractivity contribution in [3.8, 4) is 5.75 Å². The number of benzene rings is 2. The van der Waals surface area contributed by atoms with Gasteiger partial charge in [0.1, 0.15) is 12.4 Å². The summed E-state index contributed by atoms with van der Waals surface area (Å²) in [5, 5.41) is 6.82. The lowest BCUT2D eigenvalue weighted by Crippen LogP contribution is -2.36. The van der Waals surface area contributed by atoms with Gasteiger partial charge in [0, 0.05) is 38.8 Å². The molecule has 0 amide bonds. The second-order valence-corrected chi connectivity index (χ2v) is 8.69. The Bertz CT molecular complexity index is 828. The van der Waals surface area contributed by atoms with E-state index in [2.05, 4.69) is 69.9 Å². The molecule has 1 heterocycles. The van der Waals surface area contributed by atoms with Crippen molar-refractivity contribution in [1.82, 2.24) is 20.4 Å². The fourth-order valence-corrected chi connectivity index (χ4v) is 3.85. The van der Waals surface area contributed by atoms with Crippen molar-refractivity contribution in [2.24, 2.45) is 4.99 Å². The maximum absolute atomic E-state index is 5.96. The van der Waals surface area contributed by atoms with Gasteiger partial charge in [0.2, 0.25) is 0 Å². The van der Waals surface area contributed by atoms with Crippen molar-refractivity contribution in [1.29, 1.82) is 0 Å². The topological polar surface area (TPSA) is 52.1 Å². The molecule has 2 N–H and O–H groups in total. The second-order valence-electron chi connectivity index (χ2n) is 8.69. The van der Waals surface area contributed by atoms with Gasteiger partial charge >= 0.3 is 0 Å². The Morgan fingerprint density at radius 3 is 2.34 bits per heavy atom. The zero-order chi connectivity index (χ0) is 22.6. The highest BCUT2D eigenvalue weighted by Gasteiger charge is 2.10. The third kappa shape index (κ3) is 8.17. The van der Waals surface area contributed by atoms with Crippen LogP contribution < -0.4 is 15.4 Å². The Morgan fingerprint density at radius 1 is 0.938 bits per heavy atom. The Balaban J connectivity index is 1.45. The lowest BCUT2D eigenvalue weighted by molar-refractivity contribution is 0.221. The summed E-state index contributed by atoms with van der Waals surface area (Å²) >= 11 is 0. The maximum Gasteiger partial charge on any atom is 0.191 e. The monoisotopic (exact) mass is 437 g/mol. The van der Waals surface area contributed by atoms with Crippen molar-refractivity contribution in [2.45, 2.75) is 38.9 Å². The van der Waals surface area contributed by atoms with Crippen LogP contribution in [0.1, 0.15) is 36.0 Å². The van der Waals surface area contributed by atoms with Crippen molar-refractivity contribution in [2.75, 3.05) is 47.4 Å². The summed E-state index contributed by atoms with van der Waals surface area (Å²) in [7, 11) is 5.90. The molecule has 2 aromatic rings. The first kappa shape index (κ1) is 24.1. The molecule has 174 valence electrons. The van der Waals surface area contributed by atoms with E-state index in [1.807, 2.05) is 18.2 Å². The molecule has 32 heavy (non-hydrogen) atoms. The van der Waals surface area contributed by atoms with Gasteiger partial charge < -0.3 is 20.3 Å². The summed E-state index contributed by atoms with van der Waals surface area (Å²) in [5.74, 6) is 1.70. The fraction of sp³-hybridized carbons (Fsp3) is 0.500. The highest BCUT2D eigenvalue weighted by molar-refractivity contribution is 5.79. The molecule has 1 aliphatic heterocycles. The summed E-state index contributed by atoms with van der Waals surface area (Å²) in [6.07, 6.45) is 4.05. The van der Waals surface area contributed by atoms with Gasteiger partial charge in [-0.05, 0) is 57.2 Å². The second kappa shape index (κ2) is 13.1. The number of para-hydroxylation sites is 1. The number of nitrogens with one attached hydrogen (secondary N) is 2. The zero-order valence-corrected chi connectivity index (χ0v) is 19.9. The van der Waals surface area contributed by atoms with Crippen LogP contribution in [0.4, 0.5) is 0 Å². The number of piperidine rings is 1. The Labute approximate surface area is 193 Å². The first-order valence-electron chi connectivity index (χ1n) is 11.7. The van der Waals surface area contributed by atoms with Crippen LogP contribution in [0.5, 0.6) is 5.75 Å². The van der Waals surface area contributed by atoms with E-state index in [1.54, 1.807) is 7.05 Å². The standard InChI is InChI=1S/C26H39N5O/c1-27-26(29-20-24-9-5-6-10-25(24)32-18-17-30(2)3)28-19-22-11-13-23(14-12-22)21-31-15-7-4-8-16-31/h5-6,9-14H,4,7-8,15-21H2,1-3H3,(H2,27,28,29). The minimum atomic E-state index is 0.659. The average Bonchev–Trinajstić information content (AvgIpc) is 2.81. The number of ether oxygens (including phenoxy) is 1. The Hall–Kier alpha value is -2.57. The Kier molecular flexibility index (Phi) is 9.85. The molecule has 1 fully saturated rings. The molecule has 0 unspecified atom stereocenters. The molecule has 0 spiro atoms. The van der Waals surface area contributed by atoms with Gasteiger partial charge in [-0.15, -0.1) is 0 Å². The third-order valence-corrected chi connectivity index (χ3v) is 5.78. The van der Waals surface area contributed by atoms with Gasteiger partial charge in [-0.3, -0.25) is 9.89 Å². The SMILES string of the molecule is CN=C(NCc1ccc(CN2CCCCC2)cc1)NCc1ccccc1OCCN(C)C. The van der Waals surface area contributed by atoms with Crippen LogP contribution in [-0.4, -0.2) is 63.1 Å². The van der Waals surface area contributed by atoms with Gasteiger partial charge in [-0.2, -0.15) is 0 Å². The van der Waals surface area contributed by atoms with Crippen LogP contribution in [0.25, 0.3) is 0 Å². The van der Waals surface area contributed by atoms with Gasteiger partial charge in [-0.1, -0.05) is 48.9 Å². The molecule has 0 radical (unpaired) electrons. The van der Waals surface area contributed by atoms with Crippen LogP contribution in [-0.2, 0) is 19.6 Å². The summed E-state index contributed by atoms with van der Waals surface area (Å²) in [6.45, 7) is 6.49. The Morgan fingerprint density at radius 2 is 1.62 bits per heavy atom. The van der Waals surface area contributed by atoms with Gasteiger partial charge in [0.15, 0.2) is 5.96 Å². The number of guanidine groups is 1. The molecule has 1 aliphatic rings. The van der Waals surface area contributed by atoms with E-state index in [1.165, 1.54) is 43.5 Å². The van der Waals surface area contributed by atoms with Crippen LogP contribution in [0.3, 0.4) is 0 Å². The zero-order valence-electron chi connectivity index (χ0n) is 19.9. The quantitative estimate of drug-likeness (QED) is 0.440. The summed E-state index contributed by atoms with van der Waals surface area (Å²) in [5.41, 5.74) is 3.77. The molecular formula is C26H39N5O. The number of hydrogen-bond acceptors (Lipinski definition) is 4. The summed E-state index contributed by atoms with van der Waals surface area (Å²) < 4.78 is 5.96. The molecule has 6 heteroatoms. The summed E-state index contributed by atoms with van der Waals surface area (Å²) in [4.78, 5) is 9.05. The van der Waals surface area contributed by atoms with Crippen molar-refractivity contribution < 1.29 is 4.74 Å². The molecular weight excluding hydrogens is 398 g/mol. The molecule has 0 aromatic heterocycles. The van der Waals surface area contributed by atoms with Crippen LogP contribution in [0.15, 0.2) is 53.5 Å². The number of hydrogen-bond donors (Lipinski definition) is 2. The molecule has 0 aliphatic carbocycles. The van der Waals surface area contributed by atoms with E-state index in [4.69, 9.17) is 4.74 Å². The lowest BCUT2D eigenvalue weighted by atomic mass is 10.1. The maximum atomic E-state index is 5.96. The van der Waals surface area contributed by atoms with E-state index in [0.29, 0.717) is 13.2 Å². The molecule has 2 aromatic carbocycles. The van der Waals surface area contributed by atoms with Crippen LogP contribution in [0, 0.1) is 0 Å². The first-order valence-corrected chi connectivity index (χ1v) is 11.7. The molecule has 0 atom stereocenters. The molecule has 6 nitrogen and oxygen atoms in total. The van der Waals surface area contributed by atoms with Crippen molar-refractivity contribution in [3.63, 3.8) is 0 Å². The average molecular weight is 438 g/mol. The van der Waals surface area contributed by atoms with Gasteiger partial charge in [0.25, 0.3) is 0 Å². The normalized spacial score (nSPS) is 15.1. The highest BCUT2D eigenvalue weighted by atomic mass is 16.5. The molecule has 0 bridgehead atoms. The van der Waals surface area contributed by atoms with E-state index >= 15 is 0 Å². The predicted octanol–water partition coefficient (Wildman–Crippen LogP) is 3.48. The first-order chi connectivity index (χ1) is 15.6. The van der Waals surface area contributed by atoms with Crippen molar-refractivity contribution >= 4 is 5.96 Å².